The number of rotatable bonds is 5. The second-order valence-corrected chi connectivity index (χ2v) is 4.65. The molecule has 0 aromatic heterocycles. The monoisotopic (exact) mass is 331 g/mol. The number of esters is 2. The number of nitro groups is 1. The average Bonchev–Trinajstić information content (AvgIpc) is 2.49. The molecule has 0 unspecified atom stereocenters. The molecule has 2 aromatic rings. The Morgan fingerprint density at radius 3 is 1.92 bits per heavy atom. The number of nitrogens with zero attached hydrogens (tertiary/aromatic N) is 1. The van der Waals surface area contributed by atoms with Crippen LogP contribution in [0.3, 0.4) is 0 Å². The third-order valence-electron chi connectivity index (χ3n) is 2.70. The molecule has 2 aromatic carbocycles. The summed E-state index contributed by atoms with van der Waals surface area (Å²) in [6.07, 6.45) is 0. The molecule has 0 spiro atoms. The van der Waals surface area contributed by atoms with E-state index in [0.29, 0.717) is 11.5 Å². The minimum atomic E-state index is -0.643. The molecule has 0 bridgehead atoms. The Morgan fingerprint density at radius 2 is 1.38 bits per heavy atom. The van der Waals surface area contributed by atoms with Gasteiger partial charge in [0, 0.05) is 13.8 Å². The minimum Gasteiger partial charge on any atom is -0.450 e. The number of carbonyl (C=O) groups is 2. The maximum Gasteiger partial charge on any atom is 0.315 e. The predicted molar refractivity (Wildman–Crippen MR) is 82.2 cm³/mol. The van der Waals surface area contributed by atoms with Crippen LogP contribution in [0.1, 0.15) is 13.8 Å². The summed E-state index contributed by atoms with van der Waals surface area (Å²) in [5.74, 6) is -0.369. The highest BCUT2D eigenvalue weighted by atomic mass is 16.6. The lowest BCUT2D eigenvalue weighted by Gasteiger charge is -2.08. The zero-order valence-corrected chi connectivity index (χ0v) is 12.8. The first-order valence-corrected chi connectivity index (χ1v) is 6.78. The molecule has 0 aliphatic rings. The summed E-state index contributed by atoms with van der Waals surface area (Å²) in [4.78, 5) is 32.3. The molecule has 0 aliphatic carbocycles. The van der Waals surface area contributed by atoms with E-state index >= 15 is 0 Å². The fraction of sp³-hybridized carbons (Fsp3) is 0.125. The van der Waals surface area contributed by atoms with Crippen LogP contribution in [0.25, 0.3) is 0 Å². The fourth-order valence-electron chi connectivity index (χ4n) is 1.82. The Kier molecular flexibility index (Phi) is 5.10. The van der Waals surface area contributed by atoms with E-state index in [1.807, 2.05) is 0 Å². The van der Waals surface area contributed by atoms with E-state index in [9.17, 15) is 19.7 Å². The van der Waals surface area contributed by atoms with Crippen LogP contribution in [0.4, 0.5) is 5.69 Å². The van der Waals surface area contributed by atoms with Gasteiger partial charge < -0.3 is 14.2 Å². The first-order valence-electron chi connectivity index (χ1n) is 6.78. The second kappa shape index (κ2) is 7.23. The van der Waals surface area contributed by atoms with Crippen molar-refractivity contribution in [3.8, 4) is 23.0 Å². The van der Waals surface area contributed by atoms with Crippen LogP contribution in [0.15, 0.2) is 42.5 Å². The third-order valence-corrected chi connectivity index (χ3v) is 2.70. The summed E-state index contributed by atoms with van der Waals surface area (Å²) >= 11 is 0. The lowest BCUT2D eigenvalue weighted by molar-refractivity contribution is -0.385. The van der Waals surface area contributed by atoms with Gasteiger partial charge in [-0.1, -0.05) is 0 Å². The van der Waals surface area contributed by atoms with Gasteiger partial charge in [-0.2, -0.15) is 0 Å². The van der Waals surface area contributed by atoms with Crippen molar-refractivity contribution in [2.75, 3.05) is 0 Å². The van der Waals surface area contributed by atoms with Gasteiger partial charge >= 0.3 is 17.6 Å². The maximum atomic E-state index is 11.2. The summed E-state index contributed by atoms with van der Waals surface area (Å²) in [5.41, 5.74) is -0.349. The van der Waals surface area contributed by atoms with E-state index < -0.39 is 16.9 Å². The smallest absolute Gasteiger partial charge is 0.315 e. The minimum absolute atomic E-state index is 0.0175. The molecule has 2 rings (SSSR count). The Morgan fingerprint density at radius 1 is 0.875 bits per heavy atom. The molecule has 8 nitrogen and oxygen atoms in total. The number of ether oxygens (including phenoxy) is 3. The number of benzene rings is 2. The van der Waals surface area contributed by atoms with Crippen LogP contribution in [0.2, 0.25) is 0 Å². The summed E-state index contributed by atoms with van der Waals surface area (Å²) in [7, 11) is 0. The number of carbonyl (C=O) groups excluding carboxylic acids is 2. The summed E-state index contributed by atoms with van der Waals surface area (Å²) in [5, 5.41) is 11.2. The molecule has 8 heteroatoms. The van der Waals surface area contributed by atoms with E-state index in [1.54, 1.807) is 0 Å². The van der Waals surface area contributed by atoms with Gasteiger partial charge in [-0.25, -0.2) is 0 Å². The normalized spacial score (nSPS) is 9.92. The van der Waals surface area contributed by atoms with E-state index in [-0.39, 0.29) is 17.2 Å². The Balaban J connectivity index is 2.23. The average molecular weight is 331 g/mol. The number of nitro benzene ring substituents is 1. The van der Waals surface area contributed by atoms with Crippen molar-refractivity contribution in [3.63, 3.8) is 0 Å². The summed E-state index contributed by atoms with van der Waals surface area (Å²) in [6, 6.07) is 9.81. The Hall–Kier alpha value is -3.42. The van der Waals surface area contributed by atoms with Gasteiger partial charge in [-0.3, -0.25) is 19.7 Å². The van der Waals surface area contributed by atoms with E-state index in [4.69, 9.17) is 14.2 Å². The van der Waals surface area contributed by atoms with Gasteiger partial charge in [-0.05, 0) is 36.4 Å². The molecule has 0 saturated carbocycles. The van der Waals surface area contributed by atoms with E-state index in [1.165, 1.54) is 50.2 Å². The van der Waals surface area contributed by atoms with Gasteiger partial charge in [0.2, 0.25) is 5.75 Å². The highest BCUT2D eigenvalue weighted by Crippen LogP contribution is 2.35. The highest BCUT2D eigenvalue weighted by Gasteiger charge is 2.18. The molecule has 0 amide bonds. The van der Waals surface area contributed by atoms with Crippen LogP contribution >= 0.6 is 0 Å². The van der Waals surface area contributed by atoms with Gasteiger partial charge in [0.1, 0.15) is 17.2 Å². The van der Waals surface area contributed by atoms with Crippen molar-refractivity contribution in [2.45, 2.75) is 13.8 Å². The SMILES string of the molecule is CC(=O)Oc1ccc(Oc2ccc(OC(C)=O)cc2[N+](=O)[O-])cc1. The zero-order chi connectivity index (χ0) is 17.7. The van der Waals surface area contributed by atoms with Crippen LogP contribution in [-0.4, -0.2) is 16.9 Å². The van der Waals surface area contributed by atoms with E-state index in [0.717, 1.165) is 6.07 Å². The zero-order valence-electron chi connectivity index (χ0n) is 12.8. The molecule has 0 fully saturated rings. The fourth-order valence-corrected chi connectivity index (χ4v) is 1.82. The Bertz CT molecular complexity index is 784. The maximum absolute atomic E-state index is 11.2. The van der Waals surface area contributed by atoms with Crippen molar-refractivity contribution in [1.29, 1.82) is 0 Å². The first-order chi connectivity index (χ1) is 11.3. The van der Waals surface area contributed by atoms with Crippen LogP contribution in [-0.2, 0) is 9.59 Å². The molecule has 0 N–H and O–H groups in total. The molecule has 0 heterocycles. The molecule has 0 atom stereocenters. The first kappa shape index (κ1) is 16.9. The van der Waals surface area contributed by atoms with Crippen molar-refractivity contribution in [1.82, 2.24) is 0 Å². The van der Waals surface area contributed by atoms with Crippen molar-refractivity contribution in [2.24, 2.45) is 0 Å². The molecule has 124 valence electrons. The van der Waals surface area contributed by atoms with E-state index in [2.05, 4.69) is 0 Å². The van der Waals surface area contributed by atoms with Crippen LogP contribution in [0.5, 0.6) is 23.0 Å². The summed E-state index contributed by atoms with van der Waals surface area (Å²) < 4.78 is 15.2. The van der Waals surface area contributed by atoms with Crippen molar-refractivity contribution < 1.29 is 28.7 Å². The number of hydrogen-bond donors (Lipinski definition) is 0. The molecule has 0 aliphatic heterocycles. The Labute approximate surface area is 136 Å². The second-order valence-electron chi connectivity index (χ2n) is 4.65. The highest BCUT2D eigenvalue weighted by molar-refractivity contribution is 5.70. The molecule has 24 heavy (non-hydrogen) atoms. The van der Waals surface area contributed by atoms with Gasteiger partial charge in [0.25, 0.3) is 0 Å². The van der Waals surface area contributed by atoms with Crippen LogP contribution in [0, 0.1) is 10.1 Å². The van der Waals surface area contributed by atoms with Gasteiger partial charge in [0.15, 0.2) is 0 Å². The third kappa shape index (κ3) is 4.54. The standard InChI is InChI=1S/C16H13NO7/c1-10(18)22-12-3-5-13(6-4-12)24-16-8-7-14(23-11(2)19)9-15(16)17(20)21/h3-9H,1-2H3. The van der Waals surface area contributed by atoms with Gasteiger partial charge in [-0.15, -0.1) is 0 Å². The van der Waals surface area contributed by atoms with Crippen LogP contribution < -0.4 is 14.2 Å². The molecule has 0 radical (unpaired) electrons. The molecular weight excluding hydrogens is 318 g/mol. The van der Waals surface area contributed by atoms with Crippen molar-refractivity contribution >= 4 is 17.6 Å². The lowest BCUT2D eigenvalue weighted by atomic mass is 10.2. The number of hydrogen-bond acceptors (Lipinski definition) is 7. The lowest BCUT2D eigenvalue weighted by Crippen LogP contribution is -2.02. The largest absolute Gasteiger partial charge is 0.450 e. The van der Waals surface area contributed by atoms with Crippen molar-refractivity contribution in [3.05, 3.63) is 52.6 Å². The quantitative estimate of drug-likeness (QED) is 0.358. The summed E-state index contributed by atoms with van der Waals surface area (Å²) in [6.45, 7) is 2.47. The predicted octanol–water partition coefficient (Wildman–Crippen LogP) is 3.24. The van der Waals surface area contributed by atoms with Gasteiger partial charge in [0.05, 0.1) is 11.0 Å². The topological polar surface area (TPSA) is 105 Å². The molecular formula is C16H13NO7. The molecule has 0 saturated heterocycles.